The first-order valence-corrected chi connectivity index (χ1v) is 7.83. The van der Waals surface area contributed by atoms with E-state index in [0.29, 0.717) is 16.4 Å². The van der Waals surface area contributed by atoms with Gasteiger partial charge in [-0.05, 0) is 50.9 Å². The Morgan fingerprint density at radius 3 is 2.64 bits per heavy atom. The quantitative estimate of drug-likeness (QED) is 0.470. The van der Waals surface area contributed by atoms with Crippen LogP contribution in [0.5, 0.6) is 0 Å². The zero-order valence-electron chi connectivity index (χ0n) is 14.0. The molecule has 0 bridgehead atoms. The average molecular weight is 356 g/mol. The van der Waals surface area contributed by atoms with E-state index in [-0.39, 0.29) is 5.91 Å². The minimum Gasteiger partial charge on any atom is -0.356 e. The van der Waals surface area contributed by atoms with Crippen molar-refractivity contribution in [3.63, 3.8) is 0 Å². The van der Waals surface area contributed by atoms with Crippen LogP contribution >= 0.6 is 11.6 Å². The van der Waals surface area contributed by atoms with Crippen LogP contribution in [0.15, 0.2) is 65.3 Å². The Morgan fingerprint density at radius 2 is 2.04 bits per heavy atom. The first-order chi connectivity index (χ1) is 12.0. The second kappa shape index (κ2) is 8.75. The lowest BCUT2D eigenvalue weighted by Crippen LogP contribution is -2.24. The number of aryl methyl sites for hydroxylation is 1. The Kier molecular flexibility index (Phi) is 6.42. The molecule has 0 spiro atoms. The van der Waals surface area contributed by atoms with Gasteiger partial charge in [-0.3, -0.25) is 14.8 Å². The molecule has 0 saturated carbocycles. The predicted octanol–water partition coefficient (Wildman–Crippen LogP) is 3.73. The summed E-state index contributed by atoms with van der Waals surface area (Å²) in [7, 11) is 0. The highest BCUT2D eigenvalue weighted by molar-refractivity contribution is 6.29. The number of halogens is 1. The van der Waals surface area contributed by atoms with Crippen molar-refractivity contribution in [2.75, 3.05) is 5.32 Å². The van der Waals surface area contributed by atoms with Crippen LogP contribution in [-0.4, -0.2) is 22.6 Å². The van der Waals surface area contributed by atoms with Gasteiger partial charge in [-0.2, -0.15) is 0 Å². The van der Waals surface area contributed by atoms with Crippen LogP contribution in [0, 0.1) is 6.92 Å². The van der Waals surface area contributed by atoms with Crippen molar-refractivity contribution in [2.45, 2.75) is 13.8 Å². The number of anilines is 1. The number of pyridine rings is 2. The van der Waals surface area contributed by atoms with E-state index in [1.807, 2.05) is 26.0 Å². The van der Waals surface area contributed by atoms with Crippen LogP contribution in [0.25, 0.3) is 0 Å². The van der Waals surface area contributed by atoms with Gasteiger partial charge in [-0.15, -0.1) is 0 Å². The van der Waals surface area contributed by atoms with Gasteiger partial charge in [0.1, 0.15) is 5.15 Å². The lowest BCUT2D eigenvalue weighted by Gasteiger charge is -2.13. The molecule has 0 atom stereocenters. The second-order valence-corrected chi connectivity index (χ2v) is 5.56. The number of hydrogen-bond acceptors (Lipinski definition) is 5. The molecule has 6 nitrogen and oxygen atoms in total. The summed E-state index contributed by atoms with van der Waals surface area (Å²) in [5.41, 5.74) is 3.40. The van der Waals surface area contributed by atoms with Crippen LogP contribution in [0.3, 0.4) is 0 Å². The summed E-state index contributed by atoms with van der Waals surface area (Å²) in [4.78, 5) is 24.2. The van der Waals surface area contributed by atoms with Crippen molar-refractivity contribution in [3.05, 3.63) is 76.7 Å². The van der Waals surface area contributed by atoms with Gasteiger partial charge in [0.05, 0.1) is 23.1 Å². The fourth-order valence-corrected chi connectivity index (χ4v) is 2.03. The molecule has 2 rings (SSSR count). The molecule has 2 N–H and O–H groups in total. The van der Waals surface area contributed by atoms with Gasteiger partial charge in [0.25, 0.3) is 5.91 Å². The monoisotopic (exact) mass is 355 g/mol. The summed E-state index contributed by atoms with van der Waals surface area (Å²) in [6.07, 6.45) is 6.28. The van der Waals surface area contributed by atoms with E-state index >= 15 is 0 Å². The normalized spacial score (nSPS) is 11.8. The fourth-order valence-electron chi connectivity index (χ4n) is 1.92. The number of carbonyl (C=O) groups is 1. The topological polar surface area (TPSA) is 79.3 Å². The maximum atomic E-state index is 12.4. The molecule has 2 aromatic heterocycles. The highest BCUT2D eigenvalue weighted by Gasteiger charge is 2.09. The van der Waals surface area contributed by atoms with Gasteiger partial charge in [0.15, 0.2) is 0 Å². The molecule has 0 saturated heterocycles. The summed E-state index contributed by atoms with van der Waals surface area (Å²) < 4.78 is 0. The number of carbonyl (C=O) groups excluding carboxylic acids is 1. The number of hydrogen-bond donors (Lipinski definition) is 2. The highest BCUT2D eigenvalue weighted by atomic mass is 35.5. The largest absolute Gasteiger partial charge is 0.356 e. The van der Waals surface area contributed by atoms with Gasteiger partial charge in [-0.1, -0.05) is 11.6 Å². The first-order valence-electron chi connectivity index (χ1n) is 7.45. The van der Waals surface area contributed by atoms with Crippen LogP contribution in [0.2, 0.25) is 5.15 Å². The number of aromatic nitrogens is 2. The maximum absolute atomic E-state index is 12.4. The van der Waals surface area contributed by atoms with Crippen molar-refractivity contribution in [1.82, 2.24) is 15.3 Å². The molecule has 0 aliphatic heterocycles. The summed E-state index contributed by atoms with van der Waals surface area (Å²) >= 11 is 5.74. The van der Waals surface area contributed by atoms with Gasteiger partial charge < -0.3 is 10.6 Å². The van der Waals surface area contributed by atoms with E-state index in [2.05, 4.69) is 32.3 Å². The van der Waals surface area contributed by atoms with E-state index < -0.39 is 0 Å². The molecular formula is C18H18ClN5O. The van der Waals surface area contributed by atoms with Gasteiger partial charge in [-0.25, -0.2) is 4.98 Å². The number of nitrogens with one attached hydrogen (secondary N) is 2. The molecule has 0 aliphatic carbocycles. The molecule has 7 heteroatoms. The third-order valence-electron chi connectivity index (χ3n) is 3.23. The SMILES string of the molecule is C=N/C=C\C(NC(=O)c1ccc(Cl)nc1)=C(/C)Nc1ccc(C)nc1. The minimum atomic E-state index is -0.309. The van der Waals surface area contributed by atoms with Crippen molar-refractivity contribution in [3.8, 4) is 0 Å². The van der Waals surface area contributed by atoms with E-state index in [1.54, 1.807) is 24.4 Å². The molecular weight excluding hydrogens is 338 g/mol. The minimum absolute atomic E-state index is 0.309. The average Bonchev–Trinajstić information content (AvgIpc) is 2.61. The molecule has 128 valence electrons. The van der Waals surface area contributed by atoms with Crippen molar-refractivity contribution in [1.29, 1.82) is 0 Å². The van der Waals surface area contributed by atoms with Crippen LogP contribution < -0.4 is 10.6 Å². The third kappa shape index (κ3) is 5.54. The van der Waals surface area contributed by atoms with Gasteiger partial charge in [0, 0.05) is 23.8 Å². The molecule has 2 aromatic rings. The number of amides is 1. The standard InChI is InChI=1S/C18H18ClN5O/c1-12-4-6-15(11-21-12)23-13(2)16(8-9-20-3)24-18(25)14-5-7-17(19)22-10-14/h4-11,23H,3H2,1-2H3,(H,24,25)/b9-8-,16-13-. The first kappa shape index (κ1) is 18.4. The Morgan fingerprint density at radius 1 is 1.24 bits per heavy atom. The smallest absolute Gasteiger partial charge is 0.257 e. The Bertz CT molecular complexity index is 810. The van der Waals surface area contributed by atoms with E-state index in [0.717, 1.165) is 17.1 Å². The Hall–Kier alpha value is -2.99. The molecule has 0 aromatic carbocycles. The van der Waals surface area contributed by atoms with Crippen LogP contribution in [0.4, 0.5) is 5.69 Å². The maximum Gasteiger partial charge on any atom is 0.257 e. The van der Waals surface area contributed by atoms with Crippen LogP contribution in [-0.2, 0) is 0 Å². The Balaban J connectivity index is 2.22. The van der Waals surface area contributed by atoms with Crippen molar-refractivity contribution >= 4 is 29.9 Å². The highest BCUT2D eigenvalue weighted by Crippen LogP contribution is 2.13. The molecule has 0 aliphatic rings. The van der Waals surface area contributed by atoms with E-state index in [1.165, 1.54) is 12.4 Å². The number of aliphatic imine (C=N–C) groups is 1. The summed E-state index contributed by atoms with van der Waals surface area (Å²) in [5, 5.41) is 6.34. The lowest BCUT2D eigenvalue weighted by molar-refractivity contribution is 0.0966. The molecule has 1 amide bonds. The van der Waals surface area contributed by atoms with Crippen LogP contribution in [0.1, 0.15) is 23.0 Å². The molecule has 0 fully saturated rings. The van der Waals surface area contributed by atoms with Gasteiger partial charge in [0.2, 0.25) is 0 Å². The zero-order chi connectivity index (χ0) is 18.2. The van der Waals surface area contributed by atoms with E-state index in [9.17, 15) is 4.79 Å². The van der Waals surface area contributed by atoms with Crippen molar-refractivity contribution in [2.24, 2.45) is 4.99 Å². The number of nitrogens with zero attached hydrogens (tertiary/aromatic N) is 3. The predicted molar refractivity (Wildman–Crippen MR) is 101 cm³/mol. The van der Waals surface area contributed by atoms with Crippen molar-refractivity contribution < 1.29 is 4.79 Å². The number of rotatable bonds is 6. The molecule has 25 heavy (non-hydrogen) atoms. The zero-order valence-corrected chi connectivity index (χ0v) is 14.7. The Labute approximate surface area is 151 Å². The summed E-state index contributed by atoms with van der Waals surface area (Å²) in [6, 6.07) is 6.96. The third-order valence-corrected chi connectivity index (χ3v) is 3.46. The van der Waals surface area contributed by atoms with E-state index in [4.69, 9.17) is 11.6 Å². The second-order valence-electron chi connectivity index (χ2n) is 5.17. The molecule has 0 radical (unpaired) electrons. The molecule has 0 unspecified atom stereocenters. The summed E-state index contributed by atoms with van der Waals surface area (Å²) in [6.45, 7) is 7.16. The summed E-state index contributed by atoms with van der Waals surface area (Å²) in [5.74, 6) is -0.309. The van der Waals surface area contributed by atoms with Gasteiger partial charge >= 0.3 is 0 Å². The fraction of sp³-hybridized carbons (Fsp3) is 0.111. The number of allylic oxidation sites excluding steroid dienone is 2. The molecule has 2 heterocycles. The lowest BCUT2D eigenvalue weighted by atomic mass is 10.2.